The van der Waals surface area contributed by atoms with Gasteiger partial charge in [0.1, 0.15) is 6.26 Å². The Kier molecular flexibility index (Phi) is 8.77. The predicted octanol–water partition coefficient (Wildman–Crippen LogP) is 4.71. The van der Waals surface area contributed by atoms with Gasteiger partial charge in [0.15, 0.2) is 5.96 Å². The van der Waals surface area contributed by atoms with Crippen molar-refractivity contribution in [1.82, 2.24) is 15.6 Å². The van der Waals surface area contributed by atoms with Gasteiger partial charge in [-0.2, -0.15) is 0 Å². The molecule has 1 aliphatic rings. The number of aliphatic imine (C=N–C) groups is 1. The quantitative estimate of drug-likeness (QED) is 0.264. The van der Waals surface area contributed by atoms with Gasteiger partial charge in [0.25, 0.3) is 0 Å². The fraction of sp³-hybridized carbons (Fsp3) is 0.391. The number of hydrogen-bond donors (Lipinski definition) is 2. The van der Waals surface area contributed by atoms with E-state index in [9.17, 15) is 0 Å². The summed E-state index contributed by atoms with van der Waals surface area (Å²) in [6.45, 7) is 4.99. The molecule has 0 bridgehead atoms. The maximum atomic E-state index is 5.65. The van der Waals surface area contributed by atoms with E-state index in [0.717, 1.165) is 56.1 Å². The van der Waals surface area contributed by atoms with E-state index in [1.807, 2.05) is 30.5 Å². The van der Waals surface area contributed by atoms with Crippen molar-refractivity contribution < 1.29 is 4.42 Å². The molecule has 3 aromatic rings. The number of aromatic nitrogens is 1. The molecule has 166 valence electrons. The average molecular weight is 551 g/mol. The zero-order valence-electron chi connectivity index (χ0n) is 18.0. The minimum atomic E-state index is 0. The first-order valence-corrected chi connectivity index (χ1v) is 11.4. The molecule has 6 nitrogen and oxygen atoms in total. The van der Waals surface area contributed by atoms with Crippen molar-refractivity contribution in [3.63, 3.8) is 0 Å². The Hall–Kier alpha value is -2.07. The molecule has 0 radical (unpaired) electrons. The van der Waals surface area contributed by atoms with Crippen LogP contribution in [-0.2, 0) is 6.42 Å². The van der Waals surface area contributed by atoms with Crippen molar-refractivity contribution in [1.29, 1.82) is 0 Å². The molecule has 1 fully saturated rings. The second-order valence-corrected chi connectivity index (χ2v) is 8.54. The maximum absolute atomic E-state index is 5.65. The third kappa shape index (κ3) is 6.46. The van der Waals surface area contributed by atoms with Crippen LogP contribution in [0.2, 0.25) is 0 Å². The van der Waals surface area contributed by atoms with Crippen molar-refractivity contribution in [2.75, 3.05) is 31.6 Å². The Bertz CT molecular complexity index is 947. The first kappa shape index (κ1) is 23.6. The third-order valence-electron chi connectivity index (χ3n) is 5.40. The summed E-state index contributed by atoms with van der Waals surface area (Å²) in [6, 6.07) is 13.0. The molecule has 3 heterocycles. The van der Waals surface area contributed by atoms with E-state index in [1.54, 1.807) is 6.26 Å². The number of aryl methyl sites for hydroxylation is 1. The Balaban J connectivity index is 0.00000272. The van der Waals surface area contributed by atoms with Crippen LogP contribution in [0.25, 0.3) is 11.5 Å². The van der Waals surface area contributed by atoms with Gasteiger partial charge in [0.05, 0.1) is 10.7 Å². The Morgan fingerprint density at radius 2 is 2.00 bits per heavy atom. The van der Waals surface area contributed by atoms with E-state index in [4.69, 9.17) is 4.42 Å². The van der Waals surface area contributed by atoms with Crippen LogP contribution in [-0.4, -0.2) is 43.7 Å². The molecule has 1 saturated heterocycles. The summed E-state index contributed by atoms with van der Waals surface area (Å²) >= 11 is 1.81. The van der Waals surface area contributed by atoms with Crippen LogP contribution in [0, 0.1) is 6.92 Å². The second kappa shape index (κ2) is 11.5. The van der Waals surface area contributed by atoms with Crippen LogP contribution in [0.15, 0.2) is 57.5 Å². The lowest BCUT2D eigenvalue weighted by atomic mass is 10.1. The van der Waals surface area contributed by atoms with Gasteiger partial charge in [-0.05, 0) is 49.4 Å². The van der Waals surface area contributed by atoms with Crippen LogP contribution in [0.4, 0.5) is 5.00 Å². The maximum Gasteiger partial charge on any atom is 0.226 e. The number of halogens is 1. The summed E-state index contributed by atoms with van der Waals surface area (Å²) < 4.78 is 5.65. The number of hydrogen-bond acceptors (Lipinski definition) is 5. The van der Waals surface area contributed by atoms with Crippen LogP contribution < -0.4 is 15.5 Å². The SMILES string of the molecule is CN=C(NCCc1coc(-c2ccc(C)cc2)n1)NC1CCN(c2cccs2)CC1.I. The van der Waals surface area contributed by atoms with Crippen molar-refractivity contribution in [2.24, 2.45) is 4.99 Å². The number of rotatable bonds is 6. The van der Waals surface area contributed by atoms with Crippen LogP contribution in [0.5, 0.6) is 0 Å². The first-order valence-electron chi connectivity index (χ1n) is 10.5. The van der Waals surface area contributed by atoms with E-state index in [1.165, 1.54) is 10.6 Å². The topological polar surface area (TPSA) is 65.7 Å². The summed E-state index contributed by atoms with van der Waals surface area (Å²) in [5, 5.41) is 10.5. The molecule has 0 unspecified atom stereocenters. The summed E-state index contributed by atoms with van der Waals surface area (Å²) in [7, 11) is 1.82. The highest BCUT2D eigenvalue weighted by molar-refractivity contribution is 14.0. The second-order valence-electron chi connectivity index (χ2n) is 7.62. The Morgan fingerprint density at radius 3 is 2.68 bits per heavy atom. The van der Waals surface area contributed by atoms with Gasteiger partial charge in [-0.25, -0.2) is 4.98 Å². The van der Waals surface area contributed by atoms with Crippen molar-refractivity contribution >= 4 is 46.3 Å². The highest BCUT2D eigenvalue weighted by atomic mass is 127. The molecular weight excluding hydrogens is 521 g/mol. The van der Waals surface area contributed by atoms with Crippen molar-refractivity contribution in [3.8, 4) is 11.5 Å². The van der Waals surface area contributed by atoms with Gasteiger partial charge >= 0.3 is 0 Å². The molecule has 0 atom stereocenters. The highest BCUT2D eigenvalue weighted by Gasteiger charge is 2.20. The smallest absolute Gasteiger partial charge is 0.226 e. The normalized spacial score (nSPS) is 14.9. The number of anilines is 1. The first-order chi connectivity index (χ1) is 14.7. The highest BCUT2D eigenvalue weighted by Crippen LogP contribution is 2.24. The molecular formula is C23H30IN5OS. The van der Waals surface area contributed by atoms with Crippen molar-refractivity contribution in [3.05, 3.63) is 59.3 Å². The standard InChI is InChI=1S/C23H29N5OS.HI/c1-17-5-7-18(8-6-17)22-26-20(16-29-22)9-12-25-23(24-2)27-19-10-13-28(14-11-19)21-4-3-15-30-21;/h3-8,15-16,19H,9-14H2,1-2H3,(H2,24,25,27);1H. The fourth-order valence-electron chi connectivity index (χ4n) is 3.64. The number of nitrogens with one attached hydrogen (secondary N) is 2. The monoisotopic (exact) mass is 551 g/mol. The van der Waals surface area contributed by atoms with E-state index in [-0.39, 0.29) is 24.0 Å². The third-order valence-corrected chi connectivity index (χ3v) is 6.33. The lowest BCUT2D eigenvalue weighted by molar-refractivity contribution is 0.463. The predicted molar refractivity (Wildman–Crippen MR) is 140 cm³/mol. The largest absolute Gasteiger partial charge is 0.444 e. The summed E-state index contributed by atoms with van der Waals surface area (Å²) in [5.41, 5.74) is 3.18. The number of thiophene rings is 1. The van der Waals surface area contributed by atoms with E-state index in [0.29, 0.717) is 11.9 Å². The van der Waals surface area contributed by atoms with E-state index >= 15 is 0 Å². The molecule has 1 aromatic carbocycles. The van der Waals surface area contributed by atoms with Crippen molar-refractivity contribution in [2.45, 2.75) is 32.2 Å². The Morgan fingerprint density at radius 1 is 1.23 bits per heavy atom. The van der Waals surface area contributed by atoms with Gasteiger partial charge in [0, 0.05) is 44.7 Å². The fourth-order valence-corrected chi connectivity index (χ4v) is 4.43. The summed E-state index contributed by atoms with van der Waals surface area (Å²) in [5.74, 6) is 1.52. The molecule has 31 heavy (non-hydrogen) atoms. The van der Waals surface area contributed by atoms with Gasteiger partial charge in [0.2, 0.25) is 5.89 Å². The molecule has 2 aromatic heterocycles. The molecule has 4 rings (SSSR count). The average Bonchev–Trinajstić information content (AvgIpc) is 3.47. The van der Waals surface area contributed by atoms with Gasteiger partial charge < -0.3 is 20.0 Å². The van der Waals surface area contributed by atoms with Crippen LogP contribution >= 0.6 is 35.3 Å². The van der Waals surface area contributed by atoms with E-state index < -0.39 is 0 Å². The lowest BCUT2D eigenvalue weighted by Crippen LogP contribution is -2.49. The van der Waals surface area contributed by atoms with Gasteiger partial charge in [-0.15, -0.1) is 35.3 Å². The number of piperidine rings is 1. The van der Waals surface area contributed by atoms with Crippen LogP contribution in [0.1, 0.15) is 24.1 Å². The van der Waals surface area contributed by atoms with Crippen LogP contribution in [0.3, 0.4) is 0 Å². The molecule has 1 aliphatic heterocycles. The zero-order valence-corrected chi connectivity index (χ0v) is 21.2. The molecule has 8 heteroatoms. The number of benzene rings is 1. The molecule has 0 saturated carbocycles. The minimum absolute atomic E-state index is 0. The van der Waals surface area contributed by atoms with Gasteiger partial charge in [-0.3, -0.25) is 4.99 Å². The summed E-state index contributed by atoms with van der Waals surface area (Å²) in [4.78, 5) is 11.5. The molecule has 0 spiro atoms. The number of guanidine groups is 1. The van der Waals surface area contributed by atoms with Gasteiger partial charge in [-0.1, -0.05) is 17.7 Å². The Labute approximate surface area is 205 Å². The lowest BCUT2D eigenvalue weighted by Gasteiger charge is -2.33. The number of oxazole rings is 1. The summed E-state index contributed by atoms with van der Waals surface area (Å²) in [6.07, 6.45) is 4.75. The minimum Gasteiger partial charge on any atom is -0.444 e. The van der Waals surface area contributed by atoms with E-state index in [2.05, 4.69) is 62.1 Å². The number of nitrogens with zero attached hydrogens (tertiary/aromatic N) is 3. The molecule has 2 N–H and O–H groups in total. The molecule has 0 amide bonds. The zero-order chi connectivity index (χ0) is 20.8. The molecule has 0 aliphatic carbocycles.